The molecule has 9 nitrogen and oxygen atoms in total. The number of hydrogen-bond donors (Lipinski definition) is 3. The minimum atomic E-state index is -0.667. The molecule has 3 amide bonds. The van der Waals surface area contributed by atoms with E-state index in [0.717, 1.165) is 0 Å². The van der Waals surface area contributed by atoms with Crippen LogP contribution in [-0.2, 0) is 11.3 Å². The second kappa shape index (κ2) is 9.10. The molecule has 0 aliphatic rings. The Hall–Kier alpha value is -4.60. The molecule has 0 saturated carbocycles. The number of amides is 3. The van der Waals surface area contributed by atoms with E-state index in [4.69, 9.17) is 5.73 Å². The van der Waals surface area contributed by atoms with Gasteiger partial charge >= 0.3 is 0 Å². The van der Waals surface area contributed by atoms with Gasteiger partial charge in [0, 0.05) is 11.1 Å². The Balaban J connectivity index is 1.54. The maximum absolute atomic E-state index is 13.0. The van der Waals surface area contributed by atoms with Crippen molar-refractivity contribution in [1.29, 1.82) is 0 Å². The normalized spacial score (nSPS) is 10.8. The van der Waals surface area contributed by atoms with Crippen LogP contribution < -0.4 is 16.4 Å². The van der Waals surface area contributed by atoms with E-state index in [1.54, 1.807) is 38.1 Å². The number of aryl methyl sites for hydroxylation is 1. The van der Waals surface area contributed by atoms with Crippen LogP contribution in [-0.4, -0.2) is 32.5 Å². The number of nitrogens with two attached hydrogens (primary N) is 1. The van der Waals surface area contributed by atoms with Crippen molar-refractivity contribution in [1.82, 2.24) is 14.8 Å². The van der Waals surface area contributed by atoms with Gasteiger partial charge in [0.1, 0.15) is 18.1 Å². The lowest BCUT2D eigenvalue weighted by Crippen LogP contribution is -2.21. The van der Waals surface area contributed by atoms with Crippen LogP contribution in [0.1, 0.15) is 32.2 Å². The lowest BCUT2D eigenvalue weighted by atomic mass is 10.1. The number of halogens is 1. The zero-order chi connectivity index (χ0) is 24.4. The number of carbonyl (C=O) groups is 3. The molecule has 0 saturated heterocycles. The van der Waals surface area contributed by atoms with E-state index < -0.39 is 17.6 Å². The number of fused-ring (bicyclic) bond motifs is 1. The summed E-state index contributed by atoms with van der Waals surface area (Å²) in [5, 5.41) is 10.3. The summed E-state index contributed by atoms with van der Waals surface area (Å²) < 4.78 is 14.5. The van der Waals surface area contributed by atoms with Gasteiger partial charge in [-0.1, -0.05) is 18.2 Å². The Morgan fingerprint density at radius 2 is 1.74 bits per heavy atom. The molecule has 4 aromatic rings. The van der Waals surface area contributed by atoms with Crippen LogP contribution in [0.25, 0.3) is 10.9 Å². The number of carbonyl (C=O) groups excluding carboxylic acids is 3. The van der Waals surface area contributed by atoms with Crippen LogP contribution in [0.5, 0.6) is 0 Å². The van der Waals surface area contributed by atoms with Crippen molar-refractivity contribution in [2.75, 3.05) is 10.6 Å². The van der Waals surface area contributed by atoms with Gasteiger partial charge in [-0.25, -0.2) is 9.37 Å². The maximum atomic E-state index is 13.0. The fourth-order valence-corrected chi connectivity index (χ4v) is 3.57. The number of pyridine rings is 1. The molecule has 0 aliphatic carbocycles. The maximum Gasteiger partial charge on any atom is 0.274 e. The van der Waals surface area contributed by atoms with E-state index in [-0.39, 0.29) is 23.7 Å². The Morgan fingerprint density at radius 3 is 2.44 bits per heavy atom. The second-order valence-electron chi connectivity index (χ2n) is 7.65. The van der Waals surface area contributed by atoms with Crippen LogP contribution in [0.15, 0.2) is 54.6 Å². The molecule has 172 valence electrons. The number of primary amides is 1. The van der Waals surface area contributed by atoms with E-state index in [1.165, 1.54) is 35.0 Å². The molecule has 4 N–H and O–H groups in total. The van der Waals surface area contributed by atoms with Crippen LogP contribution in [0.3, 0.4) is 0 Å². The Kier molecular flexibility index (Phi) is 6.05. The number of aromatic nitrogens is 3. The highest BCUT2D eigenvalue weighted by Gasteiger charge is 2.19. The van der Waals surface area contributed by atoms with Crippen molar-refractivity contribution >= 4 is 40.0 Å². The highest BCUT2D eigenvalue weighted by atomic mass is 19.1. The molecule has 4 rings (SSSR count). The molecule has 0 fully saturated rings. The number of para-hydroxylation sites is 1. The Labute approximate surface area is 193 Å². The molecule has 2 aromatic heterocycles. The molecule has 2 heterocycles. The van der Waals surface area contributed by atoms with Crippen molar-refractivity contribution in [2.24, 2.45) is 5.73 Å². The summed E-state index contributed by atoms with van der Waals surface area (Å²) in [6.07, 6.45) is 0. The molecule has 0 radical (unpaired) electrons. The molecular weight excluding hydrogens is 439 g/mol. The van der Waals surface area contributed by atoms with Gasteiger partial charge in [0.15, 0.2) is 0 Å². The van der Waals surface area contributed by atoms with Crippen molar-refractivity contribution in [2.45, 2.75) is 20.4 Å². The summed E-state index contributed by atoms with van der Waals surface area (Å²) >= 11 is 0. The zero-order valence-corrected chi connectivity index (χ0v) is 18.4. The van der Waals surface area contributed by atoms with Crippen molar-refractivity contribution in [3.05, 3.63) is 83.1 Å². The SMILES string of the molecule is Cc1nn(CC(=O)Nc2ccc(F)cc2)c(C)c1NC(=O)c1cc(C(N)=O)c2ccccc2n1. The van der Waals surface area contributed by atoms with Crippen molar-refractivity contribution in [3.63, 3.8) is 0 Å². The Bertz CT molecular complexity index is 1430. The van der Waals surface area contributed by atoms with E-state index in [1.807, 2.05) is 0 Å². The fourth-order valence-electron chi connectivity index (χ4n) is 3.57. The minimum absolute atomic E-state index is 0.0214. The summed E-state index contributed by atoms with van der Waals surface area (Å²) in [4.78, 5) is 41.6. The van der Waals surface area contributed by atoms with Gasteiger partial charge in [-0.2, -0.15) is 5.10 Å². The average Bonchev–Trinajstić information content (AvgIpc) is 3.06. The minimum Gasteiger partial charge on any atom is -0.366 e. The number of nitrogens with one attached hydrogen (secondary N) is 2. The van der Waals surface area contributed by atoms with Crippen LogP contribution in [0.2, 0.25) is 0 Å². The topological polar surface area (TPSA) is 132 Å². The summed E-state index contributed by atoms with van der Waals surface area (Å²) in [6.45, 7) is 3.29. The highest BCUT2D eigenvalue weighted by molar-refractivity contribution is 6.10. The number of benzene rings is 2. The molecule has 10 heteroatoms. The molecule has 0 unspecified atom stereocenters. The number of anilines is 2. The summed E-state index contributed by atoms with van der Waals surface area (Å²) in [5.74, 6) is -1.98. The standard InChI is InChI=1S/C24H21FN6O3/c1-13-22(14(2)31(30-13)12-21(32)27-16-9-7-15(25)8-10-16)29-24(34)20-11-18(23(26)33)17-5-3-4-6-19(17)28-20/h3-11H,12H2,1-2H3,(H2,26,33)(H,27,32)(H,29,34). The molecule has 34 heavy (non-hydrogen) atoms. The first-order chi connectivity index (χ1) is 16.2. The largest absolute Gasteiger partial charge is 0.366 e. The van der Waals surface area contributed by atoms with E-state index in [0.29, 0.717) is 33.7 Å². The van der Waals surface area contributed by atoms with Crippen molar-refractivity contribution < 1.29 is 18.8 Å². The molecular formula is C24H21FN6O3. The second-order valence-corrected chi connectivity index (χ2v) is 7.65. The van der Waals surface area contributed by atoms with Crippen LogP contribution >= 0.6 is 0 Å². The van der Waals surface area contributed by atoms with Crippen LogP contribution in [0, 0.1) is 19.7 Å². The quantitative estimate of drug-likeness (QED) is 0.407. The fraction of sp³-hybridized carbons (Fsp3) is 0.125. The number of rotatable bonds is 6. The predicted octanol–water partition coefficient (Wildman–Crippen LogP) is 3.18. The van der Waals surface area contributed by atoms with E-state index in [2.05, 4.69) is 20.7 Å². The molecule has 0 spiro atoms. The number of hydrogen-bond acceptors (Lipinski definition) is 5. The Morgan fingerprint density at radius 1 is 1.03 bits per heavy atom. The third-order valence-electron chi connectivity index (χ3n) is 5.26. The van der Waals surface area contributed by atoms with Gasteiger partial charge in [-0.3, -0.25) is 19.1 Å². The highest BCUT2D eigenvalue weighted by Crippen LogP contribution is 2.22. The summed E-state index contributed by atoms with van der Waals surface area (Å²) in [7, 11) is 0. The van der Waals surface area contributed by atoms with Gasteiger partial charge in [0.05, 0.1) is 28.2 Å². The van der Waals surface area contributed by atoms with E-state index in [9.17, 15) is 18.8 Å². The van der Waals surface area contributed by atoms with Crippen molar-refractivity contribution in [3.8, 4) is 0 Å². The first-order valence-electron chi connectivity index (χ1n) is 10.3. The smallest absolute Gasteiger partial charge is 0.274 e. The van der Waals surface area contributed by atoms with Gasteiger partial charge < -0.3 is 16.4 Å². The third kappa shape index (κ3) is 4.60. The van der Waals surface area contributed by atoms with E-state index >= 15 is 0 Å². The molecule has 2 aromatic carbocycles. The summed E-state index contributed by atoms with van der Waals surface area (Å²) in [6, 6.07) is 13.7. The van der Waals surface area contributed by atoms with Gasteiger partial charge in [0.25, 0.3) is 5.91 Å². The average molecular weight is 460 g/mol. The predicted molar refractivity (Wildman–Crippen MR) is 125 cm³/mol. The number of nitrogens with zero attached hydrogens (tertiary/aromatic N) is 3. The van der Waals surface area contributed by atoms with Gasteiger partial charge in [-0.15, -0.1) is 0 Å². The zero-order valence-electron chi connectivity index (χ0n) is 18.4. The first kappa shape index (κ1) is 22.6. The molecule has 0 aliphatic heterocycles. The first-order valence-corrected chi connectivity index (χ1v) is 10.3. The van der Waals surface area contributed by atoms with Gasteiger partial charge in [0.2, 0.25) is 11.8 Å². The molecule has 0 atom stereocenters. The van der Waals surface area contributed by atoms with Gasteiger partial charge in [-0.05, 0) is 50.2 Å². The monoisotopic (exact) mass is 460 g/mol. The molecule has 0 bridgehead atoms. The third-order valence-corrected chi connectivity index (χ3v) is 5.26. The van der Waals surface area contributed by atoms with Crippen LogP contribution in [0.4, 0.5) is 15.8 Å². The summed E-state index contributed by atoms with van der Waals surface area (Å²) in [5.41, 5.74) is 8.10. The lowest BCUT2D eigenvalue weighted by molar-refractivity contribution is -0.116. The lowest BCUT2D eigenvalue weighted by Gasteiger charge is -2.09.